The molecule has 2 heterocycles. The Morgan fingerprint density at radius 2 is 1.78 bits per heavy atom. The van der Waals surface area contributed by atoms with E-state index in [-0.39, 0.29) is 62.0 Å². The number of benzene rings is 2. The van der Waals surface area contributed by atoms with Gasteiger partial charge in [0.2, 0.25) is 10.0 Å². The van der Waals surface area contributed by atoms with E-state index in [1.54, 1.807) is 13.8 Å². The number of carbonyl (C=O) groups is 1. The molecular weight excluding hydrogens is 726 g/mol. The maximum Gasteiger partial charge on any atom is 0.405 e. The van der Waals surface area contributed by atoms with Crippen LogP contribution in [0.25, 0.3) is 22.0 Å². The molecule has 0 aliphatic heterocycles. The SMILES string of the molecule is CC(C)(C#Cc1ccc(-c2ccc(Cl)c3c(NS(=O)(=O)C4CC4)nn(CC(F)F)c23)c([C@H](Cc2cc(F)cc(F)c2)NC(=O)O)n1)C[SH](=O)=O. The minimum Gasteiger partial charge on any atom is -0.465 e. The van der Waals surface area contributed by atoms with Crippen molar-refractivity contribution in [2.75, 3.05) is 10.5 Å². The van der Waals surface area contributed by atoms with Gasteiger partial charge in [-0.3, -0.25) is 9.40 Å². The van der Waals surface area contributed by atoms with Crippen LogP contribution in [0, 0.1) is 28.9 Å². The number of halogens is 5. The second-order valence-electron chi connectivity index (χ2n) is 12.3. The number of thiol groups is 1. The highest BCUT2D eigenvalue weighted by Crippen LogP contribution is 2.41. The summed E-state index contributed by atoms with van der Waals surface area (Å²) in [5.41, 5.74) is -0.688. The fourth-order valence-corrected chi connectivity index (χ4v) is 7.69. The van der Waals surface area contributed by atoms with Crippen LogP contribution in [-0.2, 0) is 33.7 Å². The van der Waals surface area contributed by atoms with Crippen molar-refractivity contribution < 1.29 is 44.3 Å². The van der Waals surface area contributed by atoms with Crippen LogP contribution >= 0.6 is 11.6 Å². The van der Waals surface area contributed by atoms with Gasteiger partial charge in [-0.2, -0.15) is 5.10 Å². The second-order valence-corrected chi connectivity index (χ2v) is 15.7. The summed E-state index contributed by atoms with van der Waals surface area (Å²) in [6, 6.07) is 7.05. The Kier molecular flexibility index (Phi) is 10.7. The van der Waals surface area contributed by atoms with E-state index in [0.29, 0.717) is 18.9 Å². The topological polar surface area (TPSA) is 160 Å². The Morgan fingerprint density at radius 1 is 1.12 bits per heavy atom. The third-order valence-corrected chi connectivity index (χ3v) is 10.8. The third-order valence-electron chi connectivity index (χ3n) is 7.61. The molecule has 18 heteroatoms. The molecule has 0 spiro atoms. The van der Waals surface area contributed by atoms with E-state index in [0.717, 1.165) is 16.8 Å². The second kappa shape index (κ2) is 14.4. The molecule has 1 aliphatic rings. The molecule has 2 aromatic carbocycles. The molecule has 0 radical (unpaired) electrons. The van der Waals surface area contributed by atoms with Crippen LogP contribution < -0.4 is 10.0 Å². The van der Waals surface area contributed by atoms with Gasteiger partial charge in [0, 0.05) is 22.6 Å². The Hall–Kier alpha value is -4.40. The number of pyridine rings is 1. The summed E-state index contributed by atoms with van der Waals surface area (Å²) in [7, 11) is -6.70. The number of fused-ring (bicyclic) bond motifs is 1. The summed E-state index contributed by atoms with van der Waals surface area (Å²) < 4.78 is 108. The lowest BCUT2D eigenvalue weighted by molar-refractivity contribution is 0.123. The summed E-state index contributed by atoms with van der Waals surface area (Å²) >= 11 is 6.53. The van der Waals surface area contributed by atoms with Crippen molar-refractivity contribution in [2.45, 2.75) is 57.4 Å². The zero-order valence-corrected chi connectivity index (χ0v) is 28.9. The van der Waals surface area contributed by atoms with Crippen LogP contribution in [-0.4, -0.2) is 60.2 Å². The van der Waals surface area contributed by atoms with E-state index in [2.05, 4.69) is 32.0 Å². The summed E-state index contributed by atoms with van der Waals surface area (Å²) in [5, 5.41) is 15.6. The zero-order chi connectivity index (χ0) is 36.5. The van der Waals surface area contributed by atoms with Gasteiger partial charge in [-0.05, 0) is 74.9 Å². The summed E-state index contributed by atoms with van der Waals surface area (Å²) in [5.74, 6) is 3.23. The molecule has 266 valence electrons. The van der Waals surface area contributed by atoms with Crippen molar-refractivity contribution in [2.24, 2.45) is 5.41 Å². The van der Waals surface area contributed by atoms with E-state index >= 15 is 0 Å². The van der Waals surface area contributed by atoms with Crippen LogP contribution in [0.15, 0.2) is 42.5 Å². The van der Waals surface area contributed by atoms with Gasteiger partial charge in [-0.25, -0.2) is 44.2 Å². The van der Waals surface area contributed by atoms with E-state index < -0.39 is 68.1 Å². The Morgan fingerprint density at radius 3 is 2.38 bits per heavy atom. The maximum atomic E-state index is 14.2. The first-order chi connectivity index (χ1) is 23.4. The van der Waals surface area contributed by atoms with Gasteiger partial charge in [0.05, 0.1) is 38.7 Å². The molecule has 1 atom stereocenters. The highest BCUT2D eigenvalue weighted by atomic mass is 35.5. The van der Waals surface area contributed by atoms with Gasteiger partial charge >= 0.3 is 6.09 Å². The van der Waals surface area contributed by atoms with Crippen LogP contribution in [0.3, 0.4) is 0 Å². The lowest BCUT2D eigenvalue weighted by Crippen LogP contribution is -2.30. The Balaban J connectivity index is 1.77. The van der Waals surface area contributed by atoms with Gasteiger partial charge in [0.25, 0.3) is 6.43 Å². The zero-order valence-electron chi connectivity index (χ0n) is 26.4. The predicted molar refractivity (Wildman–Crippen MR) is 179 cm³/mol. The van der Waals surface area contributed by atoms with Crippen LogP contribution in [0.2, 0.25) is 5.02 Å². The standard InChI is InChI=1S/C32H30ClF4N5O6S2/c1-32(2,16-49(45)46)10-9-20-3-6-22(28(38-20)25(39-31(43)44)13-17-11-18(34)14-19(35)12-17)23-7-8-24(33)27-29(23)42(15-26(36)37)40-30(27)41-50(47,48)21-4-5-21/h3,6-8,11-12,14,21,25-26,39,49H,4-5,13,15-16H2,1-2H3,(H,40,41)(H,43,44)/t25-/m0/s1. The Labute approximate surface area is 291 Å². The van der Waals surface area contributed by atoms with E-state index in [1.807, 2.05) is 0 Å². The van der Waals surface area contributed by atoms with Crippen molar-refractivity contribution in [3.8, 4) is 23.0 Å². The van der Waals surface area contributed by atoms with E-state index in [9.17, 15) is 44.3 Å². The molecule has 11 nitrogen and oxygen atoms in total. The smallest absolute Gasteiger partial charge is 0.405 e. The third kappa shape index (κ3) is 8.84. The molecule has 50 heavy (non-hydrogen) atoms. The van der Waals surface area contributed by atoms with Gasteiger partial charge in [0.15, 0.2) is 5.82 Å². The largest absolute Gasteiger partial charge is 0.465 e. The lowest BCUT2D eigenvalue weighted by Gasteiger charge is -2.21. The predicted octanol–water partition coefficient (Wildman–Crippen LogP) is 5.74. The molecule has 1 aliphatic carbocycles. The molecule has 0 unspecified atom stereocenters. The summed E-state index contributed by atoms with van der Waals surface area (Å²) in [6.07, 6.45) is -3.98. The maximum absolute atomic E-state index is 14.2. The van der Waals surface area contributed by atoms with Crippen LogP contribution in [0.4, 0.5) is 28.2 Å². The average molecular weight is 756 g/mol. The van der Waals surface area contributed by atoms with Gasteiger partial charge in [0.1, 0.15) is 34.6 Å². The molecule has 4 aromatic rings. The first kappa shape index (κ1) is 36.9. The monoisotopic (exact) mass is 755 g/mol. The summed E-state index contributed by atoms with van der Waals surface area (Å²) in [6.45, 7) is 2.21. The van der Waals surface area contributed by atoms with Gasteiger partial charge in [-0.1, -0.05) is 23.6 Å². The number of hydrogen-bond acceptors (Lipinski definition) is 7. The number of nitrogens with zero attached hydrogens (tertiary/aromatic N) is 3. The minimum absolute atomic E-state index is 0.00715. The van der Waals surface area contributed by atoms with Crippen LogP contribution in [0.5, 0.6) is 0 Å². The number of amides is 1. The van der Waals surface area contributed by atoms with Crippen molar-refractivity contribution in [3.05, 3.63) is 76.1 Å². The van der Waals surface area contributed by atoms with Gasteiger partial charge in [-0.15, -0.1) is 0 Å². The number of hydrogen-bond donors (Lipinski definition) is 4. The number of alkyl halides is 2. The lowest BCUT2D eigenvalue weighted by atomic mass is 9.93. The fourth-order valence-electron chi connectivity index (χ4n) is 5.39. The number of carboxylic acid groups (broad SMARTS) is 1. The average Bonchev–Trinajstić information content (AvgIpc) is 3.79. The van der Waals surface area contributed by atoms with Crippen LogP contribution in [0.1, 0.15) is 49.7 Å². The molecule has 0 saturated heterocycles. The fraction of sp³-hybridized carbons (Fsp3) is 0.344. The minimum atomic E-state index is -3.92. The van der Waals surface area contributed by atoms with Crippen molar-refractivity contribution >= 4 is 55.1 Å². The molecule has 1 saturated carbocycles. The number of aromatic nitrogens is 3. The van der Waals surface area contributed by atoms with Gasteiger partial charge < -0.3 is 10.4 Å². The molecule has 1 amide bonds. The molecule has 3 N–H and O–H groups in total. The first-order valence-corrected chi connectivity index (χ1v) is 18.3. The number of nitrogens with one attached hydrogen (secondary N) is 2. The van der Waals surface area contributed by atoms with E-state index in [4.69, 9.17) is 11.6 Å². The summed E-state index contributed by atoms with van der Waals surface area (Å²) in [4.78, 5) is 16.7. The van der Waals surface area contributed by atoms with Crippen molar-refractivity contribution in [3.63, 3.8) is 0 Å². The highest BCUT2D eigenvalue weighted by Gasteiger charge is 2.37. The molecule has 2 aromatic heterocycles. The number of rotatable bonds is 12. The molecule has 1 fully saturated rings. The highest BCUT2D eigenvalue weighted by molar-refractivity contribution is 7.93. The van der Waals surface area contributed by atoms with Crippen molar-refractivity contribution in [1.29, 1.82) is 0 Å². The van der Waals surface area contributed by atoms with E-state index in [1.165, 1.54) is 24.3 Å². The first-order valence-electron chi connectivity index (χ1n) is 15.0. The quantitative estimate of drug-likeness (QED) is 0.0810. The molecular formula is C32H30ClF4N5O6S2. The number of anilines is 1. The van der Waals surface area contributed by atoms with Crippen molar-refractivity contribution in [1.82, 2.24) is 20.1 Å². The normalized spacial score (nSPS) is 14.1. The molecule has 5 rings (SSSR count). The number of sulfonamides is 1. The Bertz CT molecular complexity index is 2200. The molecule has 0 bridgehead atoms.